The summed E-state index contributed by atoms with van der Waals surface area (Å²) in [5.74, 6) is 0.446. The summed E-state index contributed by atoms with van der Waals surface area (Å²) in [5, 5.41) is 14.1. The van der Waals surface area contributed by atoms with E-state index in [0.29, 0.717) is 11.5 Å². The van der Waals surface area contributed by atoms with Gasteiger partial charge in [0.15, 0.2) is 5.76 Å². The highest BCUT2D eigenvalue weighted by molar-refractivity contribution is 5.42. The smallest absolute Gasteiger partial charge is 0.437 e. The van der Waals surface area contributed by atoms with Gasteiger partial charge in [0.1, 0.15) is 18.5 Å². The number of ether oxygens (including phenoxy) is 1. The molecule has 0 saturated carbocycles. The second kappa shape index (κ2) is 6.76. The van der Waals surface area contributed by atoms with Crippen molar-refractivity contribution in [1.82, 2.24) is 9.78 Å². The van der Waals surface area contributed by atoms with Crippen molar-refractivity contribution in [2.45, 2.75) is 26.5 Å². The molecule has 3 rings (SSSR count). The van der Waals surface area contributed by atoms with Crippen molar-refractivity contribution < 1.29 is 18.7 Å². The number of furan rings is 1. The molecule has 0 radical (unpaired) electrons. The molecule has 7 heteroatoms. The summed E-state index contributed by atoms with van der Waals surface area (Å²) < 4.78 is 16.8. The topological polar surface area (TPSA) is 90.6 Å². The van der Waals surface area contributed by atoms with Crippen LogP contribution in [-0.2, 0) is 6.54 Å². The molecule has 1 aromatic carbocycles. The summed E-state index contributed by atoms with van der Waals surface area (Å²) in [6, 6.07) is 9.11. The van der Waals surface area contributed by atoms with Crippen molar-refractivity contribution in [2.75, 3.05) is 6.61 Å². The zero-order chi connectivity index (χ0) is 17.1. The van der Waals surface area contributed by atoms with Crippen molar-refractivity contribution in [2.24, 2.45) is 0 Å². The third-order valence-electron chi connectivity index (χ3n) is 3.36. The molecule has 0 aliphatic carbocycles. The molecule has 0 saturated heterocycles. The van der Waals surface area contributed by atoms with Gasteiger partial charge in [-0.1, -0.05) is 6.07 Å². The van der Waals surface area contributed by atoms with E-state index in [0.717, 1.165) is 15.8 Å². The van der Waals surface area contributed by atoms with E-state index in [1.54, 1.807) is 12.1 Å². The van der Waals surface area contributed by atoms with Gasteiger partial charge in [0.25, 0.3) is 5.89 Å². The van der Waals surface area contributed by atoms with E-state index in [2.05, 4.69) is 5.10 Å². The first kappa shape index (κ1) is 16.1. The first-order chi connectivity index (χ1) is 11.5. The number of hydrogen-bond acceptors (Lipinski definition) is 6. The van der Waals surface area contributed by atoms with Crippen molar-refractivity contribution in [1.29, 1.82) is 0 Å². The highest BCUT2D eigenvalue weighted by Gasteiger charge is 2.15. The summed E-state index contributed by atoms with van der Waals surface area (Å²) in [6.45, 7) is 3.95. The Labute approximate surface area is 138 Å². The van der Waals surface area contributed by atoms with Crippen LogP contribution in [0.4, 0.5) is 0 Å². The van der Waals surface area contributed by atoms with Crippen LogP contribution >= 0.6 is 0 Å². The maximum atomic E-state index is 11.8. The molecular weight excluding hydrogens is 312 g/mol. The van der Waals surface area contributed by atoms with Crippen molar-refractivity contribution in [3.63, 3.8) is 0 Å². The van der Waals surface area contributed by atoms with Gasteiger partial charge >= 0.3 is 5.76 Å². The van der Waals surface area contributed by atoms with Gasteiger partial charge in [0.2, 0.25) is 0 Å². The van der Waals surface area contributed by atoms with Gasteiger partial charge in [-0.05, 0) is 49.2 Å². The molecule has 0 amide bonds. The maximum absolute atomic E-state index is 11.8. The fourth-order valence-electron chi connectivity index (χ4n) is 2.38. The molecule has 2 heterocycles. The van der Waals surface area contributed by atoms with Crippen LogP contribution < -0.4 is 10.5 Å². The van der Waals surface area contributed by atoms with Crippen molar-refractivity contribution >= 4 is 0 Å². The van der Waals surface area contributed by atoms with Gasteiger partial charge in [0.05, 0.1) is 12.8 Å². The van der Waals surface area contributed by atoms with Crippen LogP contribution in [0.15, 0.2) is 50.2 Å². The second-order valence-corrected chi connectivity index (χ2v) is 5.62. The van der Waals surface area contributed by atoms with Crippen LogP contribution in [0, 0.1) is 13.8 Å². The van der Waals surface area contributed by atoms with Crippen LogP contribution in [-0.4, -0.2) is 27.6 Å². The lowest BCUT2D eigenvalue weighted by atomic mass is 10.1. The molecule has 2 aromatic heterocycles. The first-order valence-electron chi connectivity index (χ1n) is 7.52. The Morgan fingerprint density at radius 3 is 2.71 bits per heavy atom. The van der Waals surface area contributed by atoms with E-state index in [1.807, 2.05) is 32.0 Å². The number of nitrogens with zero attached hydrogens (tertiary/aromatic N) is 2. The number of aryl methyl sites for hydroxylation is 2. The number of aliphatic hydroxyl groups excluding tert-OH is 1. The Kier molecular flexibility index (Phi) is 4.52. The van der Waals surface area contributed by atoms with Crippen molar-refractivity contribution in [3.05, 3.63) is 58.3 Å². The molecule has 1 atom stereocenters. The number of rotatable bonds is 6. The van der Waals surface area contributed by atoms with E-state index in [4.69, 9.17) is 13.6 Å². The summed E-state index contributed by atoms with van der Waals surface area (Å²) in [6.07, 6.45) is 0.555. The Bertz CT molecular complexity index is 843. The highest BCUT2D eigenvalue weighted by atomic mass is 16.5. The Morgan fingerprint density at radius 2 is 2.04 bits per heavy atom. The van der Waals surface area contributed by atoms with Crippen LogP contribution in [0.5, 0.6) is 5.75 Å². The van der Waals surface area contributed by atoms with E-state index < -0.39 is 11.9 Å². The molecular formula is C17H18N2O5. The fraction of sp³-hybridized carbons (Fsp3) is 0.294. The molecule has 0 spiro atoms. The number of benzene rings is 1. The molecule has 1 unspecified atom stereocenters. The average molecular weight is 330 g/mol. The Hall–Kier alpha value is -2.80. The van der Waals surface area contributed by atoms with Crippen LogP contribution in [0.2, 0.25) is 0 Å². The van der Waals surface area contributed by atoms with E-state index in [9.17, 15) is 9.90 Å². The zero-order valence-electron chi connectivity index (χ0n) is 13.4. The Balaban J connectivity index is 1.63. The summed E-state index contributed by atoms with van der Waals surface area (Å²) in [7, 11) is 0. The standard InChI is InChI=1S/C17H18N2O5/c1-11-6-12(2)8-14(7-11)23-10-13(20)9-19-17(21)24-16(18-19)15-4-3-5-22-15/h3-8,13,20H,9-10H2,1-2H3. The molecule has 24 heavy (non-hydrogen) atoms. The minimum Gasteiger partial charge on any atom is -0.491 e. The molecule has 0 aliphatic heterocycles. The van der Waals surface area contributed by atoms with Gasteiger partial charge in [-0.25, -0.2) is 4.79 Å². The van der Waals surface area contributed by atoms with Gasteiger partial charge < -0.3 is 18.7 Å². The minimum absolute atomic E-state index is 0.0339. The molecule has 0 aliphatic rings. The zero-order valence-corrected chi connectivity index (χ0v) is 13.4. The molecule has 3 aromatic rings. The average Bonchev–Trinajstić information content (AvgIpc) is 3.15. The first-order valence-corrected chi connectivity index (χ1v) is 7.52. The van der Waals surface area contributed by atoms with Gasteiger partial charge in [-0.3, -0.25) is 0 Å². The monoisotopic (exact) mass is 330 g/mol. The Morgan fingerprint density at radius 1 is 1.29 bits per heavy atom. The van der Waals surface area contributed by atoms with Gasteiger partial charge in [-0.15, -0.1) is 5.10 Å². The molecule has 0 fully saturated rings. The van der Waals surface area contributed by atoms with Crippen LogP contribution in [0.3, 0.4) is 0 Å². The van der Waals surface area contributed by atoms with Crippen molar-refractivity contribution in [3.8, 4) is 17.4 Å². The second-order valence-electron chi connectivity index (χ2n) is 5.62. The van der Waals surface area contributed by atoms with Gasteiger partial charge in [0, 0.05) is 0 Å². The predicted octanol–water partition coefficient (Wildman–Crippen LogP) is 2.15. The van der Waals surface area contributed by atoms with E-state index in [1.165, 1.54) is 6.26 Å². The van der Waals surface area contributed by atoms with Crippen LogP contribution in [0.25, 0.3) is 11.7 Å². The summed E-state index contributed by atoms with van der Waals surface area (Å²) in [5.41, 5.74) is 2.16. The largest absolute Gasteiger partial charge is 0.491 e. The fourth-order valence-corrected chi connectivity index (χ4v) is 2.38. The molecule has 126 valence electrons. The summed E-state index contributed by atoms with van der Waals surface area (Å²) >= 11 is 0. The number of aliphatic hydroxyl groups is 1. The molecule has 1 N–H and O–H groups in total. The quantitative estimate of drug-likeness (QED) is 0.745. The third-order valence-corrected chi connectivity index (χ3v) is 3.36. The predicted molar refractivity (Wildman–Crippen MR) is 85.9 cm³/mol. The summed E-state index contributed by atoms with van der Waals surface area (Å²) in [4.78, 5) is 11.8. The minimum atomic E-state index is -0.905. The van der Waals surface area contributed by atoms with E-state index >= 15 is 0 Å². The number of aromatic nitrogens is 2. The lowest BCUT2D eigenvalue weighted by Crippen LogP contribution is -2.29. The molecule has 0 bridgehead atoms. The lowest BCUT2D eigenvalue weighted by molar-refractivity contribution is 0.0875. The highest BCUT2D eigenvalue weighted by Crippen LogP contribution is 2.17. The SMILES string of the molecule is Cc1cc(C)cc(OCC(O)Cn2nc(-c3ccco3)oc2=O)c1. The normalized spacial score (nSPS) is 12.3. The number of hydrogen-bond donors (Lipinski definition) is 1. The lowest BCUT2D eigenvalue weighted by Gasteiger charge is -2.12. The van der Waals surface area contributed by atoms with Crippen LogP contribution in [0.1, 0.15) is 11.1 Å². The maximum Gasteiger partial charge on any atom is 0.437 e. The third kappa shape index (κ3) is 3.75. The van der Waals surface area contributed by atoms with E-state index in [-0.39, 0.29) is 19.0 Å². The molecule has 7 nitrogen and oxygen atoms in total. The van der Waals surface area contributed by atoms with Gasteiger partial charge in [-0.2, -0.15) is 4.68 Å².